The van der Waals surface area contributed by atoms with Gasteiger partial charge in [-0.05, 0) is 27.7 Å². The molecule has 2 aliphatic heterocycles. The second-order valence-corrected chi connectivity index (χ2v) is 5.70. The number of hydrogen-bond acceptors (Lipinski definition) is 8. The number of rotatable bonds is 3. The monoisotopic (exact) mass is 338 g/mol. The van der Waals surface area contributed by atoms with Crippen molar-refractivity contribution in [1.82, 2.24) is 0 Å². The number of esters is 4. The lowest BCUT2D eigenvalue weighted by molar-refractivity contribution is -0.323. The molecule has 2 heterocycles. The Morgan fingerprint density at radius 1 is 0.750 bits per heavy atom. The molecule has 0 aliphatic carbocycles. The van der Waals surface area contributed by atoms with Crippen LogP contribution >= 0.6 is 0 Å². The zero-order valence-electron chi connectivity index (χ0n) is 14.3. The van der Waals surface area contributed by atoms with Crippen molar-refractivity contribution in [3.05, 3.63) is 22.3 Å². The highest BCUT2D eigenvalue weighted by Gasteiger charge is 2.72. The van der Waals surface area contributed by atoms with E-state index in [1.54, 1.807) is 0 Å². The quantitative estimate of drug-likeness (QED) is 0.709. The first kappa shape index (κ1) is 17.7. The van der Waals surface area contributed by atoms with Gasteiger partial charge in [-0.1, -0.05) is 0 Å². The van der Waals surface area contributed by atoms with Crippen LogP contribution in [0.15, 0.2) is 22.3 Å². The van der Waals surface area contributed by atoms with Crippen molar-refractivity contribution in [2.75, 3.05) is 0 Å². The molecule has 0 aromatic heterocycles. The van der Waals surface area contributed by atoms with Gasteiger partial charge in [-0.25, -0.2) is 9.59 Å². The highest BCUT2D eigenvalue weighted by Crippen LogP contribution is 2.51. The van der Waals surface area contributed by atoms with Gasteiger partial charge in [-0.3, -0.25) is 9.59 Å². The third-order valence-electron chi connectivity index (χ3n) is 4.21. The van der Waals surface area contributed by atoms with Gasteiger partial charge in [0, 0.05) is 36.1 Å². The molecule has 8 nitrogen and oxygen atoms in total. The molecule has 0 saturated heterocycles. The van der Waals surface area contributed by atoms with Crippen molar-refractivity contribution >= 4 is 23.9 Å². The minimum Gasteiger partial charge on any atom is -0.411 e. The van der Waals surface area contributed by atoms with Crippen LogP contribution in [-0.4, -0.2) is 35.5 Å². The zero-order chi connectivity index (χ0) is 18.4. The average Bonchev–Trinajstić information content (AvgIpc) is 2.81. The summed E-state index contributed by atoms with van der Waals surface area (Å²) in [5.41, 5.74) is 0.670. The molecule has 0 aromatic carbocycles. The SMILES string of the molecule is CC(=O)OC1(C2(OC(C)=O)OC(=O)C(C)=C2C)OC(=O)C(C)=C1C. The third-order valence-corrected chi connectivity index (χ3v) is 4.21. The van der Waals surface area contributed by atoms with Gasteiger partial charge in [0.15, 0.2) is 0 Å². The maximum absolute atomic E-state index is 12.1. The summed E-state index contributed by atoms with van der Waals surface area (Å²) in [4.78, 5) is 47.5. The Morgan fingerprint density at radius 2 is 1.04 bits per heavy atom. The summed E-state index contributed by atoms with van der Waals surface area (Å²) in [6, 6.07) is 0. The Bertz CT molecular complexity index is 666. The highest BCUT2D eigenvalue weighted by atomic mass is 16.8. The first-order valence-electron chi connectivity index (χ1n) is 7.20. The zero-order valence-corrected chi connectivity index (χ0v) is 14.3. The lowest BCUT2D eigenvalue weighted by Crippen LogP contribution is -2.61. The van der Waals surface area contributed by atoms with E-state index in [9.17, 15) is 19.2 Å². The van der Waals surface area contributed by atoms with Crippen molar-refractivity contribution in [2.45, 2.75) is 53.1 Å². The Morgan fingerprint density at radius 3 is 1.21 bits per heavy atom. The molecular weight excluding hydrogens is 320 g/mol. The molecule has 8 heteroatoms. The van der Waals surface area contributed by atoms with E-state index < -0.39 is 35.5 Å². The van der Waals surface area contributed by atoms with E-state index in [0.717, 1.165) is 13.8 Å². The summed E-state index contributed by atoms with van der Waals surface area (Å²) < 4.78 is 21.1. The summed E-state index contributed by atoms with van der Waals surface area (Å²) in [6.07, 6.45) is 0. The second-order valence-electron chi connectivity index (χ2n) is 5.70. The lowest BCUT2D eigenvalue weighted by Gasteiger charge is -2.41. The second kappa shape index (κ2) is 5.47. The smallest absolute Gasteiger partial charge is 0.363 e. The van der Waals surface area contributed by atoms with Crippen LogP contribution in [0.1, 0.15) is 41.5 Å². The van der Waals surface area contributed by atoms with Crippen molar-refractivity contribution < 1.29 is 38.1 Å². The number of carbonyl (C=O) groups is 4. The minimum absolute atomic E-state index is 0.163. The van der Waals surface area contributed by atoms with Crippen LogP contribution in [0.25, 0.3) is 0 Å². The van der Waals surface area contributed by atoms with Crippen LogP contribution in [0, 0.1) is 0 Å². The van der Waals surface area contributed by atoms with Crippen LogP contribution in [0.2, 0.25) is 0 Å². The predicted molar refractivity (Wildman–Crippen MR) is 77.9 cm³/mol. The first-order chi connectivity index (χ1) is 11.0. The Balaban J connectivity index is 2.79. The molecule has 0 radical (unpaired) electrons. The molecule has 0 fully saturated rings. The van der Waals surface area contributed by atoms with E-state index in [4.69, 9.17) is 18.9 Å². The molecule has 0 saturated carbocycles. The van der Waals surface area contributed by atoms with Crippen molar-refractivity contribution in [3.63, 3.8) is 0 Å². The fourth-order valence-corrected chi connectivity index (χ4v) is 2.73. The lowest BCUT2D eigenvalue weighted by atomic mass is 9.90. The first-order valence-corrected chi connectivity index (χ1v) is 7.20. The molecule has 2 rings (SSSR count). The molecule has 130 valence electrons. The van der Waals surface area contributed by atoms with Crippen LogP contribution in [0.3, 0.4) is 0 Å². The summed E-state index contributed by atoms with van der Waals surface area (Å²) in [6.45, 7) is 8.08. The van der Waals surface area contributed by atoms with Gasteiger partial charge in [-0.2, -0.15) is 0 Å². The van der Waals surface area contributed by atoms with E-state index in [0.29, 0.717) is 0 Å². The number of carbonyl (C=O) groups excluding carboxylic acids is 4. The third kappa shape index (κ3) is 2.21. The van der Waals surface area contributed by atoms with Crippen LogP contribution in [0.5, 0.6) is 0 Å². The predicted octanol–water partition coefficient (Wildman–Crippen LogP) is 1.29. The van der Waals surface area contributed by atoms with Gasteiger partial charge >= 0.3 is 35.5 Å². The molecule has 0 bridgehead atoms. The molecule has 0 amide bonds. The fraction of sp³-hybridized carbons (Fsp3) is 0.500. The molecule has 0 spiro atoms. The Kier molecular flexibility index (Phi) is 4.03. The van der Waals surface area contributed by atoms with Gasteiger partial charge in [-0.15, -0.1) is 0 Å². The Labute approximate surface area is 138 Å². The van der Waals surface area contributed by atoms with Crippen molar-refractivity contribution in [1.29, 1.82) is 0 Å². The van der Waals surface area contributed by atoms with E-state index in [1.165, 1.54) is 27.7 Å². The van der Waals surface area contributed by atoms with E-state index in [2.05, 4.69) is 0 Å². The highest BCUT2D eigenvalue weighted by molar-refractivity contribution is 5.95. The Hall–Kier alpha value is -2.64. The summed E-state index contributed by atoms with van der Waals surface area (Å²) in [5, 5.41) is 0. The molecule has 2 unspecified atom stereocenters. The molecular formula is C16H18O8. The maximum atomic E-state index is 12.1. The van der Waals surface area contributed by atoms with Gasteiger partial charge in [0.25, 0.3) is 0 Å². The largest absolute Gasteiger partial charge is 0.411 e. The molecule has 24 heavy (non-hydrogen) atoms. The summed E-state index contributed by atoms with van der Waals surface area (Å²) in [7, 11) is 0. The molecule has 2 aliphatic rings. The molecule has 0 N–H and O–H groups in total. The average molecular weight is 338 g/mol. The van der Waals surface area contributed by atoms with Gasteiger partial charge in [0.1, 0.15) is 0 Å². The summed E-state index contributed by atoms with van der Waals surface area (Å²) >= 11 is 0. The fourth-order valence-electron chi connectivity index (χ4n) is 2.73. The number of hydrogen-bond donors (Lipinski definition) is 0. The molecule has 0 aromatic rings. The van der Waals surface area contributed by atoms with Crippen molar-refractivity contribution in [2.24, 2.45) is 0 Å². The van der Waals surface area contributed by atoms with Crippen LogP contribution < -0.4 is 0 Å². The maximum Gasteiger partial charge on any atom is 0.363 e. The van der Waals surface area contributed by atoms with Crippen LogP contribution in [-0.2, 0) is 38.1 Å². The minimum atomic E-state index is -2.21. The summed E-state index contributed by atoms with van der Waals surface area (Å²) in [5.74, 6) is -7.57. The number of cyclic esters (lactones) is 2. The van der Waals surface area contributed by atoms with E-state index in [1.807, 2.05) is 0 Å². The van der Waals surface area contributed by atoms with E-state index in [-0.39, 0.29) is 22.3 Å². The van der Waals surface area contributed by atoms with E-state index >= 15 is 0 Å². The normalized spacial score (nSPS) is 29.6. The van der Waals surface area contributed by atoms with Gasteiger partial charge in [0.05, 0.1) is 0 Å². The van der Waals surface area contributed by atoms with Gasteiger partial charge < -0.3 is 18.9 Å². The van der Waals surface area contributed by atoms with Crippen molar-refractivity contribution in [3.8, 4) is 0 Å². The van der Waals surface area contributed by atoms with Crippen LogP contribution in [0.4, 0.5) is 0 Å². The number of ether oxygens (including phenoxy) is 4. The molecule has 2 atom stereocenters. The topological polar surface area (TPSA) is 105 Å². The van der Waals surface area contributed by atoms with Gasteiger partial charge in [0.2, 0.25) is 0 Å². The standard InChI is InChI=1S/C16H18O8/c1-7-9(3)15(21-11(5)17,23-13(7)19)16(22-12(6)18)10(4)8(2)14(20)24-16/h1-6H3.